The molecular formula is C16H18ClF3N2O3S2. The zero-order chi connectivity index (χ0) is 19.8. The third-order valence-corrected chi connectivity index (χ3v) is 7.99. The number of nitrogens with zero attached hydrogens (tertiary/aromatic N) is 2. The molecule has 1 amide bonds. The molecule has 1 atom stereocenters. The summed E-state index contributed by atoms with van der Waals surface area (Å²) in [5.41, 5.74) is -1.10. The van der Waals surface area contributed by atoms with E-state index < -0.39 is 32.7 Å². The highest BCUT2D eigenvalue weighted by atomic mass is 35.5. The van der Waals surface area contributed by atoms with Gasteiger partial charge in [0.15, 0.2) is 0 Å². The minimum Gasteiger partial charge on any atom is -0.340 e. The molecule has 0 saturated carbocycles. The lowest BCUT2D eigenvalue weighted by Crippen LogP contribution is -2.50. The fraction of sp³-hybridized carbons (Fsp3) is 0.562. The first-order valence-corrected chi connectivity index (χ1v) is 11.3. The van der Waals surface area contributed by atoms with Gasteiger partial charge in [0, 0.05) is 31.1 Å². The van der Waals surface area contributed by atoms with Crippen LogP contribution in [0.5, 0.6) is 0 Å². The molecule has 0 bridgehead atoms. The summed E-state index contributed by atoms with van der Waals surface area (Å²) in [5.74, 6) is 1.27. The fourth-order valence-corrected chi connectivity index (χ4v) is 6.33. The summed E-state index contributed by atoms with van der Waals surface area (Å²) in [5, 5.41) is -0.296. The highest BCUT2D eigenvalue weighted by molar-refractivity contribution is 7.99. The molecule has 3 rings (SSSR count). The van der Waals surface area contributed by atoms with Gasteiger partial charge in [0.1, 0.15) is 10.9 Å². The zero-order valence-corrected chi connectivity index (χ0v) is 16.6. The molecule has 0 radical (unpaired) electrons. The monoisotopic (exact) mass is 442 g/mol. The number of amides is 1. The van der Waals surface area contributed by atoms with Crippen molar-refractivity contribution in [3.63, 3.8) is 0 Å². The Morgan fingerprint density at radius 1 is 1.19 bits per heavy atom. The lowest BCUT2D eigenvalue weighted by Gasteiger charge is -2.32. The first kappa shape index (κ1) is 20.8. The van der Waals surface area contributed by atoms with E-state index in [4.69, 9.17) is 11.6 Å². The van der Waals surface area contributed by atoms with Crippen molar-refractivity contribution in [3.8, 4) is 0 Å². The van der Waals surface area contributed by atoms with Crippen LogP contribution in [0.2, 0.25) is 5.02 Å². The number of thioether (sulfide) groups is 1. The Balaban J connectivity index is 1.93. The van der Waals surface area contributed by atoms with Gasteiger partial charge in [0.25, 0.3) is 0 Å². The van der Waals surface area contributed by atoms with Gasteiger partial charge in [0.05, 0.1) is 10.6 Å². The third kappa shape index (κ3) is 4.23. The van der Waals surface area contributed by atoms with Crippen LogP contribution >= 0.6 is 23.4 Å². The van der Waals surface area contributed by atoms with Crippen LogP contribution in [0.25, 0.3) is 0 Å². The summed E-state index contributed by atoms with van der Waals surface area (Å²) in [7, 11) is -4.34. The molecule has 1 aromatic carbocycles. The molecule has 2 saturated heterocycles. The molecule has 150 valence electrons. The van der Waals surface area contributed by atoms with Crippen LogP contribution in [-0.2, 0) is 21.0 Å². The van der Waals surface area contributed by atoms with Gasteiger partial charge in [-0.2, -0.15) is 29.2 Å². The van der Waals surface area contributed by atoms with E-state index in [1.807, 2.05) is 0 Å². The number of rotatable bonds is 3. The molecule has 0 aromatic heterocycles. The Labute approximate surface area is 164 Å². The van der Waals surface area contributed by atoms with Crippen molar-refractivity contribution in [2.45, 2.75) is 30.0 Å². The van der Waals surface area contributed by atoms with Crippen molar-refractivity contribution in [1.82, 2.24) is 9.21 Å². The fourth-order valence-electron chi connectivity index (χ4n) is 3.27. The summed E-state index contributed by atoms with van der Waals surface area (Å²) in [6.07, 6.45) is -3.88. The molecule has 2 heterocycles. The number of sulfonamides is 1. The van der Waals surface area contributed by atoms with Crippen LogP contribution in [0.4, 0.5) is 13.2 Å². The normalized spacial score (nSPS) is 22.2. The summed E-state index contributed by atoms with van der Waals surface area (Å²) < 4.78 is 66.1. The average molecular weight is 443 g/mol. The van der Waals surface area contributed by atoms with Gasteiger partial charge >= 0.3 is 6.18 Å². The predicted octanol–water partition coefficient (Wildman–Crippen LogP) is 3.09. The highest BCUT2D eigenvalue weighted by Crippen LogP contribution is 2.36. The van der Waals surface area contributed by atoms with Crippen LogP contribution in [0, 0.1) is 0 Å². The van der Waals surface area contributed by atoms with Crippen molar-refractivity contribution in [2.24, 2.45) is 0 Å². The maximum atomic E-state index is 13.0. The van der Waals surface area contributed by atoms with Crippen molar-refractivity contribution < 1.29 is 26.4 Å². The molecule has 2 aliphatic rings. The van der Waals surface area contributed by atoms with E-state index >= 15 is 0 Å². The number of alkyl halides is 3. The van der Waals surface area contributed by atoms with Crippen LogP contribution in [0.1, 0.15) is 18.4 Å². The molecule has 1 unspecified atom stereocenters. The summed E-state index contributed by atoms with van der Waals surface area (Å²) in [4.78, 5) is 13.8. The maximum absolute atomic E-state index is 13.0. The maximum Gasteiger partial charge on any atom is 0.416 e. The van der Waals surface area contributed by atoms with E-state index in [0.29, 0.717) is 32.0 Å². The van der Waals surface area contributed by atoms with Crippen LogP contribution in [-0.4, -0.2) is 60.7 Å². The number of carbonyl (C=O) groups excluding carboxylic acids is 1. The molecule has 5 nitrogen and oxygen atoms in total. The smallest absolute Gasteiger partial charge is 0.340 e. The van der Waals surface area contributed by atoms with E-state index in [1.165, 1.54) is 0 Å². The predicted molar refractivity (Wildman–Crippen MR) is 97.3 cm³/mol. The van der Waals surface area contributed by atoms with Crippen LogP contribution < -0.4 is 0 Å². The summed E-state index contributed by atoms with van der Waals surface area (Å²) in [6, 6.07) is 1.30. The Hall–Kier alpha value is -0.970. The van der Waals surface area contributed by atoms with Gasteiger partial charge in [-0.1, -0.05) is 11.6 Å². The summed E-state index contributed by atoms with van der Waals surface area (Å²) in [6.45, 7) is 1.16. The average Bonchev–Trinajstić information content (AvgIpc) is 3.11. The topological polar surface area (TPSA) is 57.7 Å². The van der Waals surface area contributed by atoms with Crippen LogP contribution in [0.15, 0.2) is 23.1 Å². The van der Waals surface area contributed by atoms with E-state index in [0.717, 1.165) is 27.9 Å². The Kier molecular flexibility index (Phi) is 6.00. The molecule has 0 aliphatic carbocycles. The Morgan fingerprint density at radius 3 is 2.48 bits per heavy atom. The van der Waals surface area contributed by atoms with E-state index in [1.54, 1.807) is 16.7 Å². The first-order valence-electron chi connectivity index (χ1n) is 8.37. The second-order valence-electron chi connectivity index (χ2n) is 6.35. The van der Waals surface area contributed by atoms with Gasteiger partial charge in [-0.25, -0.2) is 8.42 Å². The number of carbonyl (C=O) groups is 1. The molecule has 11 heteroatoms. The number of hydrogen-bond acceptors (Lipinski definition) is 4. The van der Waals surface area contributed by atoms with Crippen molar-refractivity contribution >= 4 is 39.3 Å². The van der Waals surface area contributed by atoms with Crippen LogP contribution in [0.3, 0.4) is 0 Å². The molecule has 0 spiro atoms. The Morgan fingerprint density at radius 2 is 1.85 bits per heavy atom. The largest absolute Gasteiger partial charge is 0.416 e. The second kappa shape index (κ2) is 7.81. The molecule has 27 heavy (non-hydrogen) atoms. The van der Waals surface area contributed by atoms with Gasteiger partial charge in [-0.3, -0.25) is 4.79 Å². The Bertz CT molecular complexity index is 827. The van der Waals surface area contributed by atoms with Crippen molar-refractivity contribution in [1.29, 1.82) is 0 Å². The molecule has 2 fully saturated rings. The highest BCUT2D eigenvalue weighted by Gasteiger charge is 2.43. The van der Waals surface area contributed by atoms with E-state index in [9.17, 15) is 26.4 Å². The second-order valence-corrected chi connectivity index (χ2v) is 9.85. The number of halogens is 4. The zero-order valence-electron chi connectivity index (χ0n) is 14.2. The standard InChI is InChI=1S/C16H18ClF3N2O3S2/c17-12-4-3-11(16(18,19)20)10-14(12)27(24,25)22-5-1-2-13(22)15(23)21-6-8-26-9-7-21/h3-4,10,13H,1-2,5-9H2. The number of benzene rings is 1. The first-order chi connectivity index (χ1) is 12.6. The van der Waals surface area contributed by atoms with Gasteiger partial charge in [0.2, 0.25) is 15.9 Å². The quantitative estimate of drug-likeness (QED) is 0.721. The number of hydrogen-bond donors (Lipinski definition) is 0. The van der Waals surface area contributed by atoms with E-state index in [2.05, 4.69) is 0 Å². The van der Waals surface area contributed by atoms with E-state index in [-0.39, 0.29) is 17.5 Å². The molecular weight excluding hydrogens is 425 g/mol. The minimum atomic E-state index is -4.69. The van der Waals surface area contributed by atoms with Crippen molar-refractivity contribution in [3.05, 3.63) is 28.8 Å². The lowest BCUT2D eigenvalue weighted by molar-refractivity contribution is -0.138. The molecule has 0 N–H and O–H groups in total. The van der Waals surface area contributed by atoms with Gasteiger partial charge in [-0.05, 0) is 31.0 Å². The van der Waals surface area contributed by atoms with Crippen molar-refractivity contribution in [2.75, 3.05) is 31.1 Å². The SMILES string of the molecule is O=C(C1CCCN1S(=O)(=O)c1cc(C(F)(F)F)ccc1Cl)N1CCSCC1. The van der Waals surface area contributed by atoms with Gasteiger partial charge in [-0.15, -0.1) is 0 Å². The lowest BCUT2D eigenvalue weighted by atomic mass is 10.2. The van der Waals surface area contributed by atoms with Gasteiger partial charge < -0.3 is 4.90 Å². The molecule has 1 aromatic rings. The molecule has 2 aliphatic heterocycles. The minimum absolute atomic E-state index is 0.0773. The summed E-state index contributed by atoms with van der Waals surface area (Å²) >= 11 is 7.63. The third-order valence-electron chi connectivity index (χ3n) is 4.66.